The van der Waals surface area contributed by atoms with E-state index in [2.05, 4.69) is 0 Å². The van der Waals surface area contributed by atoms with Crippen LogP contribution in [0.2, 0.25) is 0 Å². The lowest BCUT2D eigenvalue weighted by Crippen LogP contribution is -2.34. The minimum atomic E-state index is -0.520. The van der Waals surface area contributed by atoms with Gasteiger partial charge in [-0.1, -0.05) is 30.3 Å². The van der Waals surface area contributed by atoms with E-state index >= 15 is 0 Å². The molecule has 1 aliphatic rings. The lowest BCUT2D eigenvalue weighted by atomic mass is 10.1. The summed E-state index contributed by atoms with van der Waals surface area (Å²) in [4.78, 5) is 11.4. The molecule has 0 N–H and O–H groups in total. The quantitative estimate of drug-likeness (QED) is 0.519. The van der Waals surface area contributed by atoms with Gasteiger partial charge in [-0.25, -0.2) is 8.96 Å². The minimum absolute atomic E-state index is 0.0106. The van der Waals surface area contributed by atoms with Gasteiger partial charge in [0.25, 0.3) is 0 Å². The molecular weight excluding hydrogens is 345 g/mol. The number of aromatic nitrogens is 1. The number of hydrogen-bond donors (Lipinski definition) is 0. The van der Waals surface area contributed by atoms with Gasteiger partial charge in [0, 0.05) is 28.8 Å². The van der Waals surface area contributed by atoms with Crippen molar-refractivity contribution in [2.45, 2.75) is 26.4 Å². The zero-order valence-electron chi connectivity index (χ0n) is 14.9. The largest absolute Gasteiger partial charge is 0.460 e. The molecule has 136 valence electrons. The molecule has 0 spiro atoms. The van der Waals surface area contributed by atoms with Crippen molar-refractivity contribution in [3.63, 3.8) is 0 Å². The number of rotatable bonds is 4. The average molecular weight is 364 g/mol. The van der Waals surface area contributed by atoms with Gasteiger partial charge in [0.05, 0.1) is 12.2 Å². The molecule has 0 fully saturated rings. The molecule has 5 heteroatoms. The van der Waals surface area contributed by atoms with Crippen molar-refractivity contribution in [3.8, 4) is 5.75 Å². The van der Waals surface area contributed by atoms with E-state index < -0.39 is 6.29 Å². The van der Waals surface area contributed by atoms with Crippen LogP contribution in [-0.2, 0) is 17.9 Å². The molecule has 0 amide bonds. The highest BCUT2D eigenvalue weighted by Gasteiger charge is 2.26. The minimum Gasteiger partial charge on any atom is -0.460 e. The van der Waals surface area contributed by atoms with Gasteiger partial charge in [-0.2, -0.15) is 0 Å². The Morgan fingerprint density at radius 2 is 1.89 bits per heavy atom. The van der Waals surface area contributed by atoms with Crippen molar-refractivity contribution < 1.29 is 23.2 Å². The van der Waals surface area contributed by atoms with Crippen molar-refractivity contribution in [2.24, 2.45) is 0 Å². The van der Waals surface area contributed by atoms with Gasteiger partial charge in [-0.3, -0.25) is 4.79 Å². The molecule has 0 radical (unpaired) electrons. The second kappa shape index (κ2) is 7.29. The van der Waals surface area contributed by atoms with Gasteiger partial charge in [-0.05, 0) is 19.1 Å². The Kier molecular flexibility index (Phi) is 4.69. The highest BCUT2D eigenvalue weighted by molar-refractivity contribution is 5.93. The summed E-state index contributed by atoms with van der Waals surface area (Å²) in [5.74, 6) is 0.339. The fourth-order valence-corrected chi connectivity index (χ4v) is 3.16. The molecule has 0 saturated carbocycles. The number of Topliss-reactive ketones (excluding diaryl/α,β-unsaturated/α-hetero) is 1. The van der Waals surface area contributed by atoms with E-state index in [0.29, 0.717) is 23.4 Å². The van der Waals surface area contributed by atoms with Gasteiger partial charge in [0.2, 0.25) is 6.29 Å². The predicted molar refractivity (Wildman–Crippen MR) is 96.7 cm³/mol. The van der Waals surface area contributed by atoms with Crippen LogP contribution in [0.5, 0.6) is 5.75 Å². The molecule has 1 aliphatic heterocycles. The maximum atomic E-state index is 14.1. The maximum absolute atomic E-state index is 14.1. The third kappa shape index (κ3) is 3.73. The smallest absolute Gasteiger partial charge is 0.227 e. The third-order valence-electron chi connectivity index (χ3n) is 4.54. The molecule has 1 atom stereocenters. The summed E-state index contributed by atoms with van der Waals surface area (Å²) in [6, 6.07) is 16.1. The highest BCUT2D eigenvalue weighted by atomic mass is 19.1. The van der Waals surface area contributed by atoms with Crippen LogP contribution < -0.4 is 9.30 Å². The number of carbonyl (C=O) groups excluding carboxylic acids is 1. The van der Waals surface area contributed by atoms with E-state index in [4.69, 9.17) is 9.47 Å². The molecule has 3 aromatic rings. The van der Waals surface area contributed by atoms with Crippen molar-refractivity contribution >= 4 is 5.78 Å². The van der Waals surface area contributed by atoms with Crippen LogP contribution >= 0.6 is 0 Å². The summed E-state index contributed by atoms with van der Waals surface area (Å²) in [6.45, 7) is 2.24. The first-order valence-corrected chi connectivity index (χ1v) is 8.75. The molecule has 27 heavy (non-hydrogen) atoms. The second-order valence-corrected chi connectivity index (χ2v) is 6.54. The molecule has 1 aromatic heterocycles. The number of benzene rings is 2. The van der Waals surface area contributed by atoms with Crippen LogP contribution in [-0.4, -0.2) is 5.78 Å². The van der Waals surface area contributed by atoms with E-state index in [0.717, 1.165) is 11.1 Å². The number of fused-ring (bicyclic) bond motifs is 1. The first-order chi connectivity index (χ1) is 13.1. The topological polar surface area (TPSA) is 39.4 Å². The van der Waals surface area contributed by atoms with Crippen molar-refractivity contribution in [1.82, 2.24) is 0 Å². The number of hydrogen-bond acceptors (Lipinski definition) is 3. The van der Waals surface area contributed by atoms with E-state index in [1.807, 2.05) is 47.3 Å². The molecule has 2 aromatic carbocycles. The average Bonchev–Trinajstić information content (AvgIpc) is 2.69. The molecule has 2 heterocycles. The van der Waals surface area contributed by atoms with Crippen LogP contribution in [0.4, 0.5) is 4.39 Å². The van der Waals surface area contributed by atoms with Crippen LogP contribution in [0, 0.1) is 5.82 Å². The third-order valence-corrected chi connectivity index (χ3v) is 4.54. The van der Waals surface area contributed by atoms with Crippen LogP contribution in [0.1, 0.15) is 40.3 Å². The Bertz CT molecular complexity index is 971. The molecule has 0 saturated heterocycles. The summed E-state index contributed by atoms with van der Waals surface area (Å²) in [5, 5.41) is 0. The van der Waals surface area contributed by atoms with Gasteiger partial charge in [0.1, 0.15) is 11.6 Å². The summed E-state index contributed by atoms with van der Waals surface area (Å²) >= 11 is 0. The molecular formula is C22H19FNO3+. The normalized spacial score (nSPS) is 15.7. The van der Waals surface area contributed by atoms with Crippen LogP contribution in [0.15, 0.2) is 67.0 Å². The SMILES string of the molecule is CC(=O)c1cc[n+](Cc2cc(F)cc3c2O[C@H](c2ccccc2)OC3)cc1. The molecule has 0 unspecified atom stereocenters. The number of nitrogens with zero attached hydrogens (tertiary/aromatic N) is 1. The van der Waals surface area contributed by atoms with Crippen molar-refractivity contribution in [1.29, 1.82) is 0 Å². The Hall–Kier alpha value is -3.05. The van der Waals surface area contributed by atoms with Gasteiger partial charge < -0.3 is 9.47 Å². The number of halogens is 1. The zero-order chi connectivity index (χ0) is 18.8. The number of ether oxygens (including phenoxy) is 2. The monoisotopic (exact) mass is 364 g/mol. The van der Waals surface area contributed by atoms with E-state index in [9.17, 15) is 9.18 Å². The maximum Gasteiger partial charge on any atom is 0.227 e. The Balaban J connectivity index is 1.64. The Morgan fingerprint density at radius 3 is 2.59 bits per heavy atom. The molecule has 0 aliphatic carbocycles. The highest BCUT2D eigenvalue weighted by Crippen LogP contribution is 2.36. The first-order valence-electron chi connectivity index (χ1n) is 8.75. The van der Waals surface area contributed by atoms with Gasteiger partial charge in [-0.15, -0.1) is 0 Å². The molecule has 4 nitrogen and oxygen atoms in total. The van der Waals surface area contributed by atoms with E-state index in [1.54, 1.807) is 12.1 Å². The summed E-state index contributed by atoms with van der Waals surface area (Å²) in [5.41, 5.74) is 2.98. The fraction of sp³-hybridized carbons (Fsp3) is 0.182. The van der Waals surface area contributed by atoms with E-state index in [1.165, 1.54) is 19.1 Å². The lowest BCUT2D eigenvalue weighted by molar-refractivity contribution is -0.688. The van der Waals surface area contributed by atoms with Gasteiger partial charge >= 0.3 is 0 Å². The summed E-state index contributed by atoms with van der Waals surface area (Å²) in [7, 11) is 0. The summed E-state index contributed by atoms with van der Waals surface area (Å²) in [6.07, 6.45) is 3.09. The van der Waals surface area contributed by atoms with Crippen LogP contribution in [0.25, 0.3) is 0 Å². The fourth-order valence-electron chi connectivity index (χ4n) is 3.16. The molecule has 4 rings (SSSR count). The second-order valence-electron chi connectivity index (χ2n) is 6.54. The lowest BCUT2D eigenvalue weighted by Gasteiger charge is -2.28. The number of pyridine rings is 1. The Labute approximate surface area is 156 Å². The van der Waals surface area contributed by atoms with Crippen molar-refractivity contribution in [2.75, 3.05) is 0 Å². The zero-order valence-corrected chi connectivity index (χ0v) is 14.9. The standard InChI is InChI=1S/C22H19FNO3/c1-15(25)16-7-9-24(10-8-16)13-18-11-20(23)12-19-14-26-22(27-21(18)19)17-5-3-2-4-6-17/h2-12,22H,13-14H2,1H3/q+1/t22-/m1/s1. The van der Waals surface area contributed by atoms with Crippen molar-refractivity contribution in [3.05, 3.63) is 95.1 Å². The summed E-state index contributed by atoms with van der Waals surface area (Å²) < 4.78 is 27.8. The van der Waals surface area contributed by atoms with Gasteiger partial charge in [0.15, 0.2) is 24.7 Å². The van der Waals surface area contributed by atoms with Crippen LogP contribution in [0.3, 0.4) is 0 Å². The molecule has 0 bridgehead atoms. The predicted octanol–water partition coefficient (Wildman–Crippen LogP) is 3.97. The first kappa shape index (κ1) is 17.4. The number of carbonyl (C=O) groups is 1. The number of ketones is 1. The van der Waals surface area contributed by atoms with E-state index in [-0.39, 0.29) is 18.2 Å². The Morgan fingerprint density at radius 1 is 1.15 bits per heavy atom.